The summed E-state index contributed by atoms with van der Waals surface area (Å²) in [5, 5.41) is 30.7. The molecular weight excluding hydrogens is 395 g/mol. The van der Waals surface area contributed by atoms with E-state index in [0.29, 0.717) is 16.7 Å². The second-order valence-corrected chi connectivity index (χ2v) is 7.93. The maximum atomic E-state index is 13.5. The maximum absolute atomic E-state index is 13.5. The molecule has 8 heteroatoms. The Hall–Kier alpha value is -3.31. The first-order valence-corrected chi connectivity index (χ1v) is 10.2. The first kappa shape index (κ1) is 20.4. The van der Waals surface area contributed by atoms with Gasteiger partial charge in [0, 0.05) is 0 Å². The van der Waals surface area contributed by atoms with Gasteiger partial charge in [-0.15, -0.1) is 0 Å². The van der Waals surface area contributed by atoms with Crippen LogP contribution in [0.1, 0.15) is 16.7 Å². The van der Waals surface area contributed by atoms with E-state index in [0.717, 1.165) is 0 Å². The molecule has 3 aromatic rings. The maximum Gasteiger partial charge on any atom is 0.647 e. The van der Waals surface area contributed by atoms with Gasteiger partial charge in [0.1, 0.15) is 0 Å². The van der Waals surface area contributed by atoms with Crippen molar-refractivity contribution in [3.63, 3.8) is 0 Å². The van der Waals surface area contributed by atoms with Crippen molar-refractivity contribution in [3.05, 3.63) is 71.3 Å². The first-order valence-electron chi connectivity index (χ1n) is 8.75. The Morgan fingerprint density at radius 1 is 0.586 bits per heavy atom. The molecule has 0 aliphatic heterocycles. The van der Waals surface area contributed by atoms with Crippen LogP contribution >= 0.6 is 7.82 Å². The molecule has 0 aliphatic rings. The normalized spacial score (nSPS) is 11.1. The molecule has 0 spiro atoms. The smallest absolute Gasteiger partial charge is 0.504 e. The van der Waals surface area contributed by atoms with Gasteiger partial charge in [0.05, 0.1) is 0 Å². The Morgan fingerprint density at radius 2 is 0.862 bits per heavy atom. The lowest BCUT2D eigenvalue weighted by Gasteiger charge is -2.21. The summed E-state index contributed by atoms with van der Waals surface area (Å²) in [7, 11) is -4.51. The Morgan fingerprint density at radius 3 is 1.14 bits per heavy atom. The molecule has 3 aromatic carbocycles. The summed E-state index contributed by atoms with van der Waals surface area (Å²) < 4.78 is 29.9. The Kier molecular flexibility index (Phi) is 5.62. The second kappa shape index (κ2) is 7.97. The van der Waals surface area contributed by atoms with Gasteiger partial charge in [0.25, 0.3) is 0 Å². The van der Waals surface area contributed by atoms with Crippen LogP contribution in [-0.4, -0.2) is 15.3 Å². The monoisotopic (exact) mass is 416 g/mol. The number of para-hydroxylation sites is 3. The molecule has 0 aromatic heterocycles. The summed E-state index contributed by atoms with van der Waals surface area (Å²) in [6.07, 6.45) is 0. The van der Waals surface area contributed by atoms with Crippen LogP contribution in [0.4, 0.5) is 0 Å². The van der Waals surface area contributed by atoms with Crippen LogP contribution in [0.25, 0.3) is 0 Å². The van der Waals surface area contributed by atoms with E-state index in [1.807, 2.05) is 0 Å². The van der Waals surface area contributed by atoms with Gasteiger partial charge < -0.3 is 28.9 Å². The SMILES string of the molecule is Cc1cccc(OP(=O)(Oc2cccc(C)c2O)Oc2cccc(C)c2O)c1O. The number of aromatic hydroxyl groups is 3. The molecule has 0 saturated heterocycles. The molecule has 3 rings (SSSR count). The molecule has 0 heterocycles. The standard InChI is InChI=1S/C21H21O7P/c1-13-7-4-10-16(19(13)22)26-29(25,27-17-11-5-8-14(2)20(17)23)28-18-12-6-9-15(3)21(18)24/h4-12,22-24H,1-3H3. The summed E-state index contributed by atoms with van der Waals surface area (Å²) in [4.78, 5) is 0. The van der Waals surface area contributed by atoms with Gasteiger partial charge in [0.15, 0.2) is 34.5 Å². The van der Waals surface area contributed by atoms with Crippen molar-refractivity contribution < 1.29 is 33.5 Å². The van der Waals surface area contributed by atoms with E-state index in [9.17, 15) is 19.9 Å². The zero-order chi connectivity index (χ0) is 21.2. The predicted molar refractivity (Wildman–Crippen MR) is 108 cm³/mol. The molecule has 0 unspecified atom stereocenters. The van der Waals surface area contributed by atoms with Crippen LogP contribution < -0.4 is 13.6 Å². The third-order valence-electron chi connectivity index (χ3n) is 4.23. The van der Waals surface area contributed by atoms with Gasteiger partial charge in [-0.25, -0.2) is 0 Å². The average molecular weight is 416 g/mol. The number of rotatable bonds is 6. The summed E-state index contributed by atoms with van der Waals surface area (Å²) >= 11 is 0. The largest absolute Gasteiger partial charge is 0.647 e. The highest BCUT2D eigenvalue weighted by Gasteiger charge is 2.36. The van der Waals surface area contributed by atoms with E-state index in [1.165, 1.54) is 18.2 Å². The molecule has 0 saturated carbocycles. The molecule has 0 bridgehead atoms. The molecule has 0 amide bonds. The van der Waals surface area contributed by atoms with Crippen LogP contribution in [0.2, 0.25) is 0 Å². The summed E-state index contributed by atoms with van der Waals surface area (Å²) in [5.41, 5.74) is 1.47. The van der Waals surface area contributed by atoms with Crippen molar-refractivity contribution in [2.45, 2.75) is 20.8 Å². The van der Waals surface area contributed by atoms with Crippen LogP contribution in [0.3, 0.4) is 0 Å². The van der Waals surface area contributed by atoms with Crippen LogP contribution in [0, 0.1) is 20.8 Å². The van der Waals surface area contributed by atoms with E-state index < -0.39 is 7.82 Å². The number of phosphoric acid groups is 1. The third kappa shape index (κ3) is 4.41. The van der Waals surface area contributed by atoms with E-state index >= 15 is 0 Å². The van der Waals surface area contributed by atoms with E-state index in [-0.39, 0.29) is 34.5 Å². The van der Waals surface area contributed by atoms with E-state index in [4.69, 9.17) is 13.6 Å². The fourth-order valence-electron chi connectivity index (χ4n) is 2.53. The Bertz CT molecular complexity index is 958. The molecule has 0 radical (unpaired) electrons. The highest BCUT2D eigenvalue weighted by Crippen LogP contribution is 2.54. The molecular formula is C21H21O7P. The predicted octanol–water partition coefficient (Wildman–Crippen LogP) is 5.37. The molecule has 7 nitrogen and oxygen atoms in total. The van der Waals surface area contributed by atoms with Gasteiger partial charge >= 0.3 is 7.82 Å². The minimum atomic E-state index is -4.51. The minimum absolute atomic E-state index is 0.132. The fourth-order valence-corrected chi connectivity index (χ4v) is 3.81. The topological polar surface area (TPSA) is 105 Å². The van der Waals surface area contributed by atoms with Gasteiger partial charge in [0.2, 0.25) is 0 Å². The molecule has 0 fully saturated rings. The molecule has 0 aliphatic carbocycles. The van der Waals surface area contributed by atoms with Crippen LogP contribution in [0.5, 0.6) is 34.5 Å². The number of hydrogen-bond donors (Lipinski definition) is 3. The van der Waals surface area contributed by atoms with Crippen LogP contribution in [-0.2, 0) is 4.57 Å². The Labute approximate surface area is 168 Å². The van der Waals surface area contributed by atoms with Gasteiger partial charge in [-0.3, -0.25) is 0 Å². The third-order valence-corrected chi connectivity index (χ3v) is 5.49. The van der Waals surface area contributed by atoms with Crippen LogP contribution in [0.15, 0.2) is 54.6 Å². The van der Waals surface area contributed by atoms with Gasteiger partial charge in [-0.1, -0.05) is 36.4 Å². The summed E-state index contributed by atoms with van der Waals surface area (Å²) in [5.74, 6) is -1.10. The van der Waals surface area contributed by atoms with Gasteiger partial charge in [-0.2, -0.15) is 4.57 Å². The first-order chi connectivity index (χ1) is 13.7. The van der Waals surface area contributed by atoms with Crippen molar-refractivity contribution in [1.82, 2.24) is 0 Å². The molecule has 29 heavy (non-hydrogen) atoms. The van der Waals surface area contributed by atoms with Gasteiger partial charge in [-0.05, 0) is 55.7 Å². The second-order valence-electron chi connectivity index (χ2n) is 6.49. The lowest BCUT2D eigenvalue weighted by molar-refractivity contribution is 0.281. The average Bonchev–Trinajstić information content (AvgIpc) is 2.67. The molecule has 3 N–H and O–H groups in total. The van der Waals surface area contributed by atoms with Crippen molar-refractivity contribution in [2.75, 3.05) is 0 Å². The van der Waals surface area contributed by atoms with E-state index in [1.54, 1.807) is 57.2 Å². The molecule has 152 valence electrons. The van der Waals surface area contributed by atoms with Crippen molar-refractivity contribution in [2.24, 2.45) is 0 Å². The molecule has 0 atom stereocenters. The number of hydrogen-bond acceptors (Lipinski definition) is 7. The van der Waals surface area contributed by atoms with Crippen molar-refractivity contribution >= 4 is 7.82 Å². The number of phenols is 3. The highest BCUT2D eigenvalue weighted by molar-refractivity contribution is 7.49. The number of phosphoric ester groups is 1. The van der Waals surface area contributed by atoms with E-state index in [2.05, 4.69) is 0 Å². The lowest BCUT2D eigenvalue weighted by atomic mass is 10.2. The minimum Gasteiger partial charge on any atom is -0.504 e. The number of benzene rings is 3. The quantitative estimate of drug-likeness (QED) is 0.464. The van der Waals surface area contributed by atoms with Crippen molar-refractivity contribution in [1.29, 1.82) is 0 Å². The number of aryl methyl sites for hydroxylation is 3. The Balaban J connectivity index is 2.04. The fraction of sp³-hybridized carbons (Fsp3) is 0.143. The highest BCUT2D eigenvalue weighted by atomic mass is 31.2. The number of phenolic OH excluding ortho intramolecular Hbond substituents is 3. The summed E-state index contributed by atoms with van der Waals surface area (Å²) in [6.45, 7) is 4.94. The zero-order valence-corrected chi connectivity index (χ0v) is 17.0. The van der Waals surface area contributed by atoms with Crippen molar-refractivity contribution in [3.8, 4) is 34.5 Å². The summed E-state index contributed by atoms with van der Waals surface area (Å²) in [6, 6.07) is 13.9. The zero-order valence-electron chi connectivity index (χ0n) is 16.1. The lowest BCUT2D eigenvalue weighted by Crippen LogP contribution is -2.08.